The minimum atomic E-state index is -0.647. The average molecular weight is 360 g/mol. The molecule has 25 heavy (non-hydrogen) atoms. The van der Waals surface area contributed by atoms with Crippen molar-refractivity contribution in [3.63, 3.8) is 0 Å². The van der Waals surface area contributed by atoms with Crippen LogP contribution in [0.15, 0.2) is 47.4 Å². The summed E-state index contributed by atoms with van der Waals surface area (Å²) < 4.78 is 4.95. The lowest BCUT2D eigenvalue weighted by atomic mass is 10.1. The summed E-state index contributed by atoms with van der Waals surface area (Å²) in [6.07, 6.45) is 1.92. The van der Waals surface area contributed by atoms with Crippen molar-refractivity contribution in [1.82, 2.24) is 0 Å². The number of nitrogens with zero attached hydrogens (tertiary/aromatic N) is 1. The molecule has 0 bridgehead atoms. The number of nitro groups is 1. The first-order chi connectivity index (χ1) is 11.9. The molecule has 2 aromatic carbocycles. The number of hydrogen-bond acceptors (Lipinski definition) is 6. The van der Waals surface area contributed by atoms with E-state index in [2.05, 4.69) is 5.32 Å². The monoisotopic (exact) mass is 360 g/mol. The summed E-state index contributed by atoms with van der Waals surface area (Å²) in [7, 11) is 0. The zero-order valence-corrected chi connectivity index (χ0v) is 14.5. The summed E-state index contributed by atoms with van der Waals surface area (Å²) >= 11 is 1.54. The third-order valence-electron chi connectivity index (χ3n) is 3.37. The van der Waals surface area contributed by atoms with Crippen molar-refractivity contribution in [3.05, 3.63) is 63.7 Å². The van der Waals surface area contributed by atoms with E-state index in [9.17, 15) is 19.7 Å². The van der Waals surface area contributed by atoms with Gasteiger partial charge in [0, 0.05) is 11.0 Å². The van der Waals surface area contributed by atoms with Crippen LogP contribution >= 0.6 is 11.8 Å². The number of nitro benzene ring substituents is 1. The predicted octanol–water partition coefficient (Wildman–Crippen LogP) is 3.42. The molecule has 2 rings (SSSR count). The number of amides is 1. The van der Waals surface area contributed by atoms with Crippen molar-refractivity contribution in [1.29, 1.82) is 0 Å². The summed E-state index contributed by atoms with van der Waals surface area (Å²) in [4.78, 5) is 35.3. The highest BCUT2D eigenvalue weighted by atomic mass is 32.2. The van der Waals surface area contributed by atoms with Gasteiger partial charge in [0.2, 0.25) is 0 Å². The van der Waals surface area contributed by atoms with Crippen LogP contribution in [0.2, 0.25) is 0 Å². The lowest BCUT2D eigenvalue weighted by Gasteiger charge is -2.09. The SMILES string of the molecule is CSc1ccc(C(=O)OCC(=O)Nc2c(C)cccc2[N+](=O)[O-])cc1. The molecule has 0 spiro atoms. The number of anilines is 1. The maximum atomic E-state index is 12.0. The fourth-order valence-electron chi connectivity index (χ4n) is 2.08. The summed E-state index contributed by atoms with van der Waals surface area (Å²) in [6, 6.07) is 11.2. The van der Waals surface area contributed by atoms with Crippen LogP contribution in [0.3, 0.4) is 0 Å². The van der Waals surface area contributed by atoms with Gasteiger partial charge in [-0.15, -0.1) is 11.8 Å². The standard InChI is InChI=1S/C17H16N2O5S/c1-11-4-3-5-14(19(22)23)16(11)18-15(20)10-24-17(21)12-6-8-13(25-2)9-7-12/h3-9H,10H2,1-2H3,(H,18,20). The Bertz CT molecular complexity index is 805. The van der Waals surface area contributed by atoms with Gasteiger partial charge in [0.15, 0.2) is 6.61 Å². The van der Waals surface area contributed by atoms with Crippen LogP contribution in [-0.4, -0.2) is 29.7 Å². The number of thioether (sulfide) groups is 1. The zero-order chi connectivity index (χ0) is 18.4. The molecule has 130 valence electrons. The van der Waals surface area contributed by atoms with E-state index in [1.807, 2.05) is 6.26 Å². The van der Waals surface area contributed by atoms with Gasteiger partial charge >= 0.3 is 5.97 Å². The first-order valence-corrected chi connectivity index (χ1v) is 8.50. The Kier molecular flexibility index (Phi) is 6.13. The topological polar surface area (TPSA) is 98.5 Å². The Labute approximate surface area is 148 Å². The van der Waals surface area contributed by atoms with Gasteiger partial charge in [0.25, 0.3) is 11.6 Å². The van der Waals surface area contributed by atoms with Crippen LogP contribution in [0.1, 0.15) is 15.9 Å². The van der Waals surface area contributed by atoms with Crippen molar-refractivity contribution < 1.29 is 19.2 Å². The number of aryl methyl sites for hydroxylation is 1. The molecule has 0 aliphatic rings. The number of hydrogen-bond donors (Lipinski definition) is 1. The number of ether oxygens (including phenoxy) is 1. The minimum absolute atomic E-state index is 0.0953. The van der Waals surface area contributed by atoms with E-state index in [1.165, 1.54) is 12.1 Å². The molecule has 1 N–H and O–H groups in total. The van der Waals surface area contributed by atoms with Crippen LogP contribution in [0.25, 0.3) is 0 Å². The third kappa shape index (κ3) is 4.80. The number of benzene rings is 2. The van der Waals surface area contributed by atoms with Crippen molar-refractivity contribution in [2.75, 3.05) is 18.2 Å². The fourth-order valence-corrected chi connectivity index (χ4v) is 2.49. The van der Waals surface area contributed by atoms with E-state index in [-0.39, 0.29) is 11.4 Å². The van der Waals surface area contributed by atoms with Crippen LogP contribution in [0.5, 0.6) is 0 Å². The minimum Gasteiger partial charge on any atom is -0.452 e. The number of para-hydroxylation sites is 1. The molecule has 0 radical (unpaired) electrons. The Morgan fingerprint density at radius 3 is 2.48 bits per heavy atom. The van der Waals surface area contributed by atoms with Gasteiger partial charge in [-0.3, -0.25) is 14.9 Å². The molecule has 0 fully saturated rings. The van der Waals surface area contributed by atoms with Gasteiger partial charge in [-0.05, 0) is 43.0 Å². The molecule has 0 unspecified atom stereocenters. The van der Waals surface area contributed by atoms with E-state index < -0.39 is 23.4 Å². The molecule has 1 amide bonds. The Morgan fingerprint density at radius 2 is 1.88 bits per heavy atom. The van der Waals surface area contributed by atoms with E-state index in [4.69, 9.17) is 4.74 Å². The molecular formula is C17H16N2O5S. The molecular weight excluding hydrogens is 344 g/mol. The molecule has 0 saturated heterocycles. The Balaban J connectivity index is 1.99. The summed E-state index contributed by atoms with van der Waals surface area (Å²) in [6.45, 7) is 1.11. The average Bonchev–Trinajstić information content (AvgIpc) is 2.61. The van der Waals surface area contributed by atoms with Gasteiger partial charge < -0.3 is 10.1 Å². The fraction of sp³-hybridized carbons (Fsp3) is 0.176. The van der Waals surface area contributed by atoms with Crippen molar-refractivity contribution >= 4 is 35.0 Å². The van der Waals surface area contributed by atoms with Crippen molar-refractivity contribution in [2.45, 2.75) is 11.8 Å². The lowest BCUT2D eigenvalue weighted by Crippen LogP contribution is -2.22. The van der Waals surface area contributed by atoms with Gasteiger partial charge in [-0.2, -0.15) is 0 Å². The second-order valence-electron chi connectivity index (χ2n) is 5.08. The smallest absolute Gasteiger partial charge is 0.338 e. The highest BCUT2D eigenvalue weighted by molar-refractivity contribution is 7.98. The molecule has 0 saturated carbocycles. The van der Waals surface area contributed by atoms with E-state index >= 15 is 0 Å². The van der Waals surface area contributed by atoms with E-state index in [1.54, 1.807) is 49.0 Å². The number of esters is 1. The Morgan fingerprint density at radius 1 is 1.20 bits per heavy atom. The molecule has 0 atom stereocenters. The van der Waals surface area contributed by atoms with Crippen LogP contribution < -0.4 is 5.32 Å². The maximum Gasteiger partial charge on any atom is 0.338 e. The largest absolute Gasteiger partial charge is 0.452 e. The number of carbonyl (C=O) groups is 2. The van der Waals surface area contributed by atoms with E-state index in [0.717, 1.165) is 4.90 Å². The number of rotatable bonds is 6. The van der Waals surface area contributed by atoms with Gasteiger partial charge in [0.1, 0.15) is 5.69 Å². The quantitative estimate of drug-likeness (QED) is 0.367. The summed E-state index contributed by atoms with van der Waals surface area (Å²) in [5, 5.41) is 13.5. The molecule has 0 aliphatic heterocycles. The predicted molar refractivity (Wildman–Crippen MR) is 95.0 cm³/mol. The summed E-state index contributed by atoms with van der Waals surface area (Å²) in [5.74, 6) is -1.28. The first-order valence-electron chi connectivity index (χ1n) is 7.27. The normalized spacial score (nSPS) is 10.2. The molecule has 2 aromatic rings. The zero-order valence-electron chi connectivity index (χ0n) is 13.6. The van der Waals surface area contributed by atoms with Crippen molar-refractivity contribution in [2.24, 2.45) is 0 Å². The highest BCUT2D eigenvalue weighted by Crippen LogP contribution is 2.27. The maximum absolute atomic E-state index is 12.0. The second-order valence-corrected chi connectivity index (χ2v) is 5.96. The first kappa shape index (κ1) is 18.5. The molecule has 0 heterocycles. The van der Waals surface area contributed by atoms with Gasteiger partial charge in [-0.1, -0.05) is 12.1 Å². The van der Waals surface area contributed by atoms with Crippen molar-refractivity contribution in [3.8, 4) is 0 Å². The third-order valence-corrected chi connectivity index (χ3v) is 4.12. The van der Waals surface area contributed by atoms with E-state index in [0.29, 0.717) is 11.1 Å². The number of nitrogens with one attached hydrogen (secondary N) is 1. The lowest BCUT2D eigenvalue weighted by molar-refractivity contribution is -0.384. The molecule has 0 aliphatic carbocycles. The van der Waals surface area contributed by atoms with Crippen LogP contribution in [-0.2, 0) is 9.53 Å². The summed E-state index contributed by atoms with van der Waals surface area (Å²) in [5.41, 5.74) is 0.749. The van der Waals surface area contributed by atoms with Gasteiger partial charge in [0.05, 0.1) is 10.5 Å². The Hall–Kier alpha value is -2.87. The van der Waals surface area contributed by atoms with Crippen LogP contribution in [0.4, 0.5) is 11.4 Å². The molecule has 0 aromatic heterocycles. The van der Waals surface area contributed by atoms with Crippen LogP contribution in [0, 0.1) is 17.0 Å². The highest BCUT2D eigenvalue weighted by Gasteiger charge is 2.18. The van der Waals surface area contributed by atoms with Gasteiger partial charge in [-0.25, -0.2) is 4.79 Å². The molecule has 8 heteroatoms. The molecule has 7 nitrogen and oxygen atoms in total. The second kappa shape index (κ2) is 8.29. The number of carbonyl (C=O) groups excluding carboxylic acids is 2.